The number of halogens is 1. The number of guanidine groups is 1. The molecule has 8 nitrogen and oxygen atoms in total. The van der Waals surface area contributed by atoms with Crippen LogP contribution < -0.4 is 15.4 Å². The summed E-state index contributed by atoms with van der Waals surface area (Å²) in [6, 6.07) is 11.8. The molecule has 1 aromatic carbocycles. The molecule has 162 valence electrons. The Bertz CT molecular complexity index is 964. The minimum atomic E-state index is -0.0351. The van der Waals surface area contributed by atoms with E-state index in [1.165, 1.54) is 0 Å². The fourth-order valence-electron chi connectivity index (χ4n) is 2.78. The van der Waals surface area contributed by atoms with Gasteiger partial charge in [-0.05, 0) is 50.6 Å². The molecule has 0 spiro atoms. The Hall–Kier alpha value is -2.56. The van der Waals surface area contributed by atoms with Gasteiger partial charge in [-0.25, -0.2) is 4.99 Å². The van der Waals surface area contributed by atoms with Crippen LogP contribution in [0, 0.1) is 13.8 Å². The van der Waals surface area contributed by atoms with Crippen LogP contribution in [0.15, 0.2) is 45.8 Å². The Labute approximate surface area is 194 Å². The zero-order chi connectivity index (χ0) is 20.8. The summed E-state index contributed by atoms with van der Waals surface area (Å²) in [7, 11) is 3.60. The van der Waals surface area contributed by atoms with E-state index in [0.29, 0.717) is 19.0 Å². The molecule has 0 aliphatic heterocycles. The van der Waals surface area contributed by atoms with Gasteiger partial charge in [0, 0.05) is 7.05 Å². The molecular formula is C21H29IN6O2. The van der Waals surface area contributed by atoms with E-state index in [-0.39, 0.29) is 30.0 Å². The van der Waals surface area contributed by atoms with Crippen LogP contribution in [0.5, 0.6) is 5.75 Å². The minimum absolute atomic E-state index is 0. The third-order valence-corrected chi connectivity index (χ3v) is 4.72. The van der Waals surface area contributed by atoms with Gasteiger partial charge in [0.15, 0.2) is 11.8 Å². The maximum absolute atomic E-state index is 5.73. The average molecular weight is 524 g/mol. The number of nitrogens with one attached hydrogen (secondary N) is 2. The fraction of sp³-hybridized carbons (Fsp3) is 0.381. The van der Waals surface area contributed by atoms with Gasteiger partial charge in [-0.2, -0.15) is 0 Å². The van der Waals surface area contributed by atoms with Crippen LogP contribution >= 0.6 is 24.0 Å². The zero-order valence-corrected chi connectivity index (χ0v) is 20.3. The largest absolute Gasteiger partial charge is 0.497 e. The lowest BCUT2D eigenvalue weighted by Gasteiger charge is -2.17. The molecule has 2 N–H and O–H groups in total. The van der Waals surface area contributed by atoms with Gasteiger partial charge in [0.25, 0.3) is 0 Å². The highest BCUT2D eigenvalue weighted by Gasteiger charge is 2.13. The molecular weight excluding hydrogens is 495 g/mol. The number of aliphatic imine (C=N–C) groups is 1. The summed E-state index contributed by atoms with van der Waals surface area (Å²) in [5, 5.41) is 15.0. The molecule has 1 atom stereocenters. The third-order valence-electron chi connectivity index (χ3n) is 4.72. The van der Waals surface area contributed by atoms with Crippen molar-refractivity contribution in [2.24, 2.45) is 12.0 Å². The summed E-state index contributed by atoms with van der Waals surface area (Å²) in [5.74, 6) is 4.94. The van der Waals surface area contributed by atoms with Crippen LogP contribution in [0.1, 0.15) is 41.7 Å². The predicted octanol–water partition coefficient (Wildman–Crippen LogP) is 3.65. The number of ether oxygens (including phenoxy) is 1. The van der Waals surface area contributed by atoms with E-state index in [1.54, 1.807) is 7.11 Å². The Morgan fingerprint density at radius 2 is 1.90 bits per heavy atom. The molecule has 0 amide bonds. The van der Waals surface area contributed by atoms with Crippen LogP contribution in [0.3, 0.4) is 0 Å². The van der Waals surface area contributed by atoms with Gasteiger partial charge in [0.05, 0.1) is 26.2 Å². The molecule has 0 radical (unpaired) electrons. The summed E-state index contributed by atoms with van der Waals surface area (Å²) in [5.41, 5.74) is 1.09. The predicted molar refractivity (Wildman–Crippen MR) is 127 cm³/mol. The Balaban J connectivity index is 0.00000320. The molecule has 0 bridgehead atoms. The second kappa shape index (κ2) is 11.0. The summed E-state index contributed by atoms with van der Waals surface area (Å²) >= 11 is 0. The molecule has 3 aromatic rings. The number of aryl methyl sites for hydroxylation is 2. The molecule has 0 aliphatic rings. The first kappa shape index (κ1) is 23.7. The lowest BCUT2D eigenvalue weighted by Crippen LogP contribution is -2.39. The molecule has 2 aromatic heterocycles. The standard InChI is InChI=1S/C21H28N6O2.HI/c1-14-6-11-19(29-14)15(2)24-21(23-13-20-26-25-16(3)27(20)4)22-12-17-7-9-18(28-5)10-8-17;/h6-11,15H,12-13H2,1-5H3,(H2,22,23,24);1H. The van der Waals surface area contributed by atoms with E-state index in [4.69, 9.17) is 14.1 Å². The van der Waals surface area contributed by atoms with E-state index in [9.17, 15) is 0 Å². The van der Waals surface area contributed by atoms with E-state index in [1.807, 2.05) is 68.8 Å². The van der Waals surface area contributed by atoms with Crippen LogP contribution in [0.2, 0.25) is 0 Å². The number of furan rings is 1. The van der Waals surface area contributed by atoms with Gasteiger partial charge in [-0.1, -0.05) is 12.1 Å². The molecule has 9 heteroatoms. The smallest absolute Gasteiger partial charge is 0.192 e. The average Bonchev–Trinajstić information content (AvgIpc) is 3.30. The van der Waals surface area contributed by atoms with Crippen LogP contribution in [-0.2, 0) is 20.1 Å². The lowest BCUT2D eigenvalue weighted by molar-refractivity contribution is 0.414. The Kier molecular flexibility index (Phi) is 8.70. The van der Waals surface area contributed by atoms with Crippen molar-refractivity contribution in [1.29, 1.82) is 0 Å². The van der Waals surface area contributed by atoms with Gasteiger partial charge in [0.2, 0.25) is 0 Å². The number of benzene rings is 1. The maximum atomic E-state index is 5.73. The normalized spacial score (nSPS) is 12.2. The molecule has 0 aliphatic carbocycles. The molecule has 3 rings (SSSR count). The summed E-state index contributed by atoms with van der Waals surface area (Å²) in [6.45, 7) is 6.93. The number of rotatable bonds is 7. The zero-order valence-electron chi connectivity index (χ0n) is 18.0. The van der Waals surface area contributed by atoms with E-state index >= 15 is 0 Å². The SMILES string of the molecule is COc1ccc(CN=C(NCc2nnc(C)n2C)NC(C)c2ccc(C)o2)cc1.I. The highest BCUT2D eigenvalue weighted by atomic mass is 127. The molecule has 1 unspecified atom stereocenters. The summed E-state index contributed by atoms with van der Waals surface area (Å²) in [6.07, 6.45) is 0. The second-order valence-electron chi connectivity index (χ2n) is 6.90. The topological polar surface area (TPSA) is 89.5 Å². The minimum Gasteiger partial charge on any atom is -0.497 e. The van der Waals surface area contributed by atoms with Crippen molar-refractivity contribution in [2.45, 2.75) is 39.9 Å². The molecule has 0 fully saturated rings. The van der Waals surface area contributed by atoms with E-state index in [0.717, 1.165) is 34.5 Å². The van der Waals surface area contributed by atoms with Gasteiger partial charge in [-0.3, -0.25) is 0 Å². The van der Waals surface area contributed by atoms with Crippen molar-refractivity contribution in [3.8, 4) is 5.75 Å². The highest BCUT2D eigenvalue weighted by molar-refractivity contribution is 14.0. The van der Waals surface area contributed by atoms with E-state index in [2.05, 4.69) is 20.8 Å². The molecule has 0 saturated heterocycles. The second-order valence-corrected chi connectivity index (χ2v) is 6.90. The highest BCUT2D eigenvalue weighted by Crippen LogP contribution is 2.16. The van der Waals surface area contributed by atoms with Gasteiger partial charge in [0.1, 0.15) is 23.1 Å². The van der Waals surface area contributed by atoms with Gasteiger partial charge in [-0.15, -0.1) is 34.2 Å². The maximum Gasteiger partial charge on any atom is 0.192 e. The number of nitrogens with zero attached hydrogens (tertiary/aromatic N) is 4. The van der Waals surface area contributed by atoms with E-state index < -0.39 is 0 Å². The number of aromatic nitrogens is 3. The van der Waals surface area contributed by atoms with Crippen LogP contribution in [-0.4, -0.2) is 27.8 Å². The van der Waals surface area contributed by atoms with Crippen molar-refractivity contribution >= 4 is 29.9 Å². The van der Waals surface area contributed by atoms with Crippen molar-refractivity contribution in [3.63, 3.8) is 0 Å². The quantitative estimate of drug-likeness (QED) is 0.279. The van der Waals surface area contributed by atoms with Crippen molar-refractivity contribution < 1.29 is 9.15 Å². The monoisotopic (exact) mass is 524 g/mol. The number of methoxy groups -OCH3 is 1. The molecule has 2 heterocycles. The van der Waals surface area contributed by atoms with Crippen molar-refractivity contribution in [2.75, 3.05) is 7.11 Å². The van der Waals surface area contributed by atoms with Gasteiger partial charge < -0.3 is 24.4 Å². The Morgan fingerprint density at radius 1 is 1.17 bits per heavy atom. The number of hydrogen-bond acceptors (Lipinski definition) is 5. The van der Waals surface area contributed by atoms with Crippen LogP contribution in [0.25, 0.3) is 0 Å². The van der Waals surface area contributed by atoms with Crippen LogP contribution in [0.4, 0.5) is 0 Å². The fourth-order valence-corrected chi connectivity index (χ4v) is 2.78. The van der Waals surface area contributed by atoms with Crippen molar-refractivity contribution in [1.82, 2.24) is 25.4 Å². The summed E-state index contributed by atoms with van der Waals surface area (Å²) in [4.78, 5) is 4.73. The summed E-state index contributed by atoms with van der Waals surface area (Å²) < 4.78 is 12.9. The first-order valence-electron chi connectivity index (χ1n) is 9.55. The lowest BCUT2D eigenvalue weighted by atomic mass is 10.2. The Morgan fingerprint density at radius 3 is 2.47 bits per heavy atom. The third kappa shape index (κ3) is 6.22. The first-order valence-corrected chi connectivity index (χ1v) is 9.55. The number of hydrogen-bond donors (Lipinski definition) is 2. The van der Waals surface area contributed by atoms with Crippen molar-refractivity contribution in [3.05, 3.63) is 65.1 Å². The molecule has 30 heavy (non-hydrogen) atoms. The first-order chi connectivity index (χ1) is 14.0. The van der Waals surface area contributed by atoms with Gasteiger partial charge >= 0.3 is 0 Å². The molecule has 0 saturated carbocycles.